The molecule has 0 heterocycles. The molecule has 0 spiro atoms. The second-order valence-electron chi connectivity index (χ2n) is 4.56. The van der Waals surface area contributed by atoms with Crippen molar-refractivity contribution in [2.75, 3.05) is 5.75 Å². The van der Waals surface area contributed by atoms with Crippen LogP contribution in [0.25, 0.3) is 0 Å². The van der Waals surface area contributed by atoms with Gasteiger partial charge in [0.15, 0.2) is 9.84 Å². The third-order valence-corrected chi connectivity index (χ3v) is 4.82. The maximum atomic E-state index is 12.2. The van der Waals surface area contributed by atoms with Gasteiger partial charge in [0, 0.05) is 6.54 Å². The smallest absolute Gasteiger partial charge is 0.181 e. The molecule has 1 atom stereocenters. The fraction of sp³-hybridized carbons (Fsp3) is 0.200. The highest BCUT2D eigenvalue weighted by Crippen LogP contribution is 2.20. The van der Waals surface area contributed by atoms with Crippen LogP contribution in [0.1, 0.15) is 17.2 Å². The third-order valence-electron chi connectivity index (χ3n) is 3.08. The average molecular weight is 291 g/mol. The maximum absolute atomic E-state index is 12.2. The summed E-state index contributed by atoms with van der Waals surface area (Å²) >= 11 is 0. The summed E-state index contributed by atoms with van der Waals surface area (Å²) in [7, 11) is -3.50. The van der Waals surface area contributed by atoms with Crippen LogP contribution >= 0.6 is 0 Å². The minimum Gasteiger partial charge on any atom is -0.387 e. The second kappa shape index (κ2) is 6.17. The van der Waals surface area contributed by atoms with Crippen molar-refractivity contribution in [2.45, 2.75) is 17.5 Å². The van der Waals surface area contributed by atoms with Crippen molar-refractivity contribution in [3.8, 4) is 0 Å². The number of sulfone groups is 1. The van der Waals surface area contributed by atoms with E-state index in [0.29, 0.717) is 12.1 Å². The van der Waals surface area contributed by atoms with Gasteiger partial charge in [0.1, 0.15) is 0 Å². The summed E-state index contributed by atoms with van der Waals surface area (Å²) in [5, 5.41) is 10.1. The minimum absolute atomic E-state index is 0.220. The fourth-order valence-electron chi connectivity index (χ4n) is 1.90. The van der Waals surface area contributed by atoms with E-state index in [9.17, 15) is 13.5 Å². The van der Waals surface area contributed by atoms with E-state index in [4.69, 9.17) is 5.73 Å². The lowest BCUT2D eigenvalue weighted by Gasteiger charge is -2.12. The van der Waals surface area contributed by atoms with Gasteiger partial charge >= 0.3 is 0 Å². The van der Waals surface area contributed by atoms with Gasteiger partial charge in [-0.2, -0.15) is 0 Å². The highest BCUT2D eigenvalue weighted by molar-refractivity contribution is 7.91. The lowest BCUT2D eigenvalue weighted by Crippen LogP contribution is -2.14. The van der Waals surface area contributed by atoms with Crippen molar-refractivity contribution >= 4 is 9.84 Å². The first-order valence-electron chi connectivity index (χ1n) is 6.28. The second-order valence-corrected chi connectivity index (χ2v) is 6.59. The molecule has 4 nitrogen and oxygen atoms in total. The molecule has 0 radical (unpaired) electrons. The van der Waals surface area contributed by atoms with Crippen LogP contribution in [0.4, 0.5) is 0 Å². The molecule has 5 heteroatoms. The summed E-state index contributed by atoms with van der Waals surface area (Å²) in [5.74, 6) is -0.334. The van der Waals surface area contributed by atoms with Crippen LogP contribution in [0.2, 0.25) is 0 Å². The highest BCUT2D eigenvalue weighted by atomic mass is 32.2. The Hall–Kier alpha value is -1.69. The van der Waals surface area contributed by atoms with Gasteiger partial charge in [-0.15, -0.1) is 0 Å². The molecule has 0 amide bonds. The van der Waals surface area contributed by atoms with Crippen molar-refractivity contribution in [3.05, 3.63) is 65.7 Å². The quantitative estimate of drug-likeness (QED) is 0.878. The van der Waals surface area contributed by atoms with Crippen LogP contribution in [-0.2, 0) is 16.4 Å². The van der Waals surface area contributed by atoms with Crippen molar-refractivity contribution < 1.29 is 13.5 Å². The first-order valence-corrected chi connectivity index (χ1v) is 7.93. The first-order chi connectivity index (χ1) is 9.53. The Kier molecular flexibility index (Phi) is 4.54. The number of rotatable bonds is 5. The van der Waals surface area contributed by atoms with E-state index in [-0.39, 0.29) is 10.6 Å². The number of hydrogen-bond donors (Lipinski definition) is 2. The largest absolute Gasteiger partial charge is 0.387 e. The number of hydrogen-bond acceptors (Lipinski definition) is 4. The molecular weight excluding hydrogens is 274 g/mol. The van der Waals surface area contributed by atoms with Crippen LogP contribution in [0, 0.1) is 0 Å². The molecule has 0 aliphatic heterocycles. The Morgan fingerprint density at radius 3 is 2.15 bits per heavy atom. The van der Waals surface area contributed by atoms with Crippen molar-refractivity contribution in [3.63, 3.8) is 0 Å². The molecular formula is C15H17NO3S. The number of benzene rings is 2. The normalized spacial score (nSPS) is 13.1. The lowest BCUT2D eigenvalue weighted by molar-refractivity contribution is 0.201. The minimum atomic E-state index is -3.50. The molecule has 106 valence electrons. The van der Waals surface area contributed by atoms with E-state index in [1.807, 2.05) is 0 Å². The van der Waals surface area contributed by atoms with E-state index in [1.165, 1.54) is 12.1 Å². The van der Waals surface area contributed by atoms with Gasteiger partial charge in [-0.25, -0.2) is 8.42 Å². The Morgan fingerprint density at radius 1 is 1.00 bits per heavy atom. The van der Waals surface area contributed by atoms with Gasteiger partial charge in [0.05, 0.1) is 16.8 Å². The molecule has 0 fully saturated rings. The SMILES string of the molecule is NCc1ccc(C(O)CS(=O)(=O)c2ccccc2)cc1. The molecule has 20 heavy (non-hydrogen) atoms. The Morgan fingerprint density at radius 2 is 1.60 bits per heavy atom. The lowest BCUT2D eigenvalue weighted by atomic mass is 10.1. The maximum Gasteiger partial charge on any atom is 0.181 e. The molecule has 2 rings (SSSR count). The predicted octanol–water partition coefficient (Wildman–Crippen LogP) is 1.65. The van der Waals surface area contributed by atoms with Crippen molar-refractivity contribution in [1.82, 2.24) is 0 Å². The average Bonchev–Trinajstić information content (AvgIpc) is 2.48. The van der Waals surface area contributed by atoms with Crippen LogP contribution in [0.3, 0.4) is 0 Å². The zero-order valence-corrected chi connectivity index (χ0v) is 11.8. The van der Waals surface area contributed by atoms with Gasteiger partial charge in [-0.3, -0.25) is 0 Å². The molecule has 0 bridgehead atoms. The van der Waals surface area contributed by atoms with Crippen molar-refractivity contribution in [2.24, 2.45) is 5.73 Å². The summed E-state index contributed by atoms with van der Waals surface area (Å²) in [6.45, 7) is 0.415. The molecule has 2 aromatic carbocycles. The third kappa shape index (κ3) is 3.45. The van der Waals surface area contributed by atoms with Gasteiger partial charge in [0.25, 0.3) is 0 Å². The van der Waals surface area contributed by atoms with Gasteiger partial charge in [-0.05, 0) is 23.3 Å². The van der Waals surface area contributed by atoms with Crippen LogP contribution in [0.15, 0.2) is 59.5 Å². The standard InChI is InChI=1S/C15H17NO3S/c16-10-12-6-8-13(9-7-12)15(17)11-20(18,19)14-4-2-1-3-5-14/h1-9,15,17H,10-11,16H2. The molecule has 2 aromatic rings. The summed E-state index contributed by atoms with van der Waals surface area (Å²) in [5.41, 5.74) is 7.00. The molecule has 0 saturated heterocycles. The molecule has 3 N–H and O–H groups in total. The predicted molar refractivity (Wildman–Crippen MR) is 77.8 cm³/mol. The zero-order chi connectivity index (χ0) is 14.6. The van der Waals surface area contributed by atoms with E-state index < -0.39 is 15.9 Å². The van der Waals surface area contributed by atoms with Gasteiger partial charge in [0.2, 0.25) is 0 Å². The van der Waals surface area contributed by atoms with E-state index in [1.54, 1.807) is 42.5 Å². The summed E-state index contributed by atoms with van der Waals surface area (Å²) in [4.78, 5) is 0.220. The number of nitrogens with two attached hydrogens (primary N) is 1. The Bertz CT molecular complexity index is 651. The van der Waals surface area contributed by atoms with Gasteiger partial charge in [-0.1, -0.05) is 42.5 Å². The Labute approximate surface area is 118 Å². The molecule has 0 aliphatic carbocycles. The fourth-order valence-corrected chi connectivity index (χ4v) is 3.28. The summed E-state index contributed by atoms with van der Waals surface area (Å²) in [6, 6.07) is 15.1. The van der Waals surface area contributed by atoms with Crippen molar-refractivity contribution in [1.29, 1.82) is 0 Å². The van der Waals surface area contributed by atoms with E-state index >= 15 is 0 Å². The Balaban J connectivity index is 2.16. The number of aliphatic hydroxyl groups excluding tert-OH is 1. The number of aliphatic hydroxyl groups is 1. The molecule has 0 saturated carbocycles. The molecule has 0 aromatic heterocycles. The monoisotopic (exact) mass is 291 g/mol. The van der Waals surface area contributed by atoms with Gasteiger partial charge < -0.3 is 10.8 Å². The summed E-state index contributed by atoms with van der Waals surface area (Å²) in [6.07, 6.45) is -1.05. The topological polar surface area (TPSA) is 80.4 Å². The van der Waals surface area contributed by atoms with E-state index in [0.717, 1.165) is 5.56 Å². The molecule has 0 aliphatic rings. The van der Waals surface area contributed by atoms with Crippen LogP contribution < -0.4 is 5.73 Å². The van der Waals surface area contributed by atoms with Crippen LogP contribution in [-0.4, -0.2) is 19.3 Å². The zero-order valence-electron chi connectivity index (χ0n) is 10.9. The highest BCUT2D eigenvalue weighted by Gasteiger charge is 2.20. The first kappa shape index (κ1) is 14.7. The summed E-state index contributed by atoms with van der Waals surface area (Å²) < 4.78 is 24.3. The van der Waals surface area contributed by atoms with Crippen LogP contribution in [0.5, 0.6) is 0 Å². The molecule has 1 unspecified atom stereocenters. The van der Waals surface area contributed by atoms with E-state index in [2.05, 4.69) is 0 Å².